The van der Waals surface area contributed by atoms with Gasteiger partial charge in [0, 0.05) is 44.8 Å². The minimum Gasteiger partial charge on any atom is -0.367 e. The van der Waals surface area contributed by atoms with E-state index in [4.69, 9.17) is 15.3 Å². The molecule has 38 heavy (non-hydrogen) atoms. The molecule has 2 aromatic heterocycles. The molecule has 4 aromatic rings. The third-order valence-electron chi connectivity index (χ3n) is 6.70. The van der Waals surface area contributed by atoms with Crippen LogP contribution in [0.15, 0.2) is 53.5 Å². The highest BCUT2D eigenvalue weighted by atomic mass is 19.1. The molecule has 0 aliphatic carbocycles. The number of nitrogens with one attached hydrogen (secondary N) is 1. The first kappa shape index (κ1) is 18.2. The second-order valence-electron chi connectivity index (χ2n) is 9.77. The Kier molecular flexibility index (Phi) is 4.46. The summed E-state index contributed by atoms with van der Waals surface area (Å²) in [6.45, 7) is -2.08. The van der Waals surface area contributed by atoms with Gasteiger partial charge in [0.1, 0.15) is 11.4 Å². The number of hydrogen-bond acceptors (Lipinski definition) is 6. The van der Waals surface area contributed by atoms with Crippen molar-refractivity contribution in [1.82, 2.24) is 19.6 Å². The zero-order valence-corrected chi connectivity index (χ0v) is 20.5. The molecule has 1 saturated heterocycles. The summed E-state index contributed by atoms with van der Waals surface area (Å²) in [6, 6.07) is 4.24. The Morgan fingerprint density at radius 1 is 1.18 bits per heavy atom. The Labute approximate surface area is 227 Å². The average Bonchev–Trinajstić information content (AvgIpc) is 3.47. The van der Waals surface area contributed by atoms with Gasteiger partial charge in [-0.2, -0.15) is 14.9 Å². The van der Waals surface area contributed by atoms with Gasteiger partial charge in [-0.25, -0.2) is 8.78 Å². The first-order valence-electron chi connectivity index (χ1n) is 15.2. The minimum absolute atomic E-state index is 0.00484. The van der Waals surface area contributed by atoms with Crippen LogP contribution in [-0.2, 0) is 0 Å². The van der Waals surface area contributed by atoms with Crippen LogP contribution in [0.4, 0.5) is 20.2 Å². The molecular weight excluding hydrogens is 492 g/mol. The SMILES string of the molecule is [2H]C([2H])([2H])C([2H])(n1ncc2c(N3C[C@H](N)C(C)(C)C3)c(NC(=O)c3ccc(=O)n(-c4c(F)cccc4F)n3)ccc21)C([2H])([2H])[2H]. The maximum absolute atomic E-state index is 14.4. The summed E-state index contributed by atoms with van der Waals surface area (Å²) >= 11 is 0. The number of nitrogens with two attached hydrogens (primary N) is 1. The molecule has 198 valence electrons. The standard InChI is InChI=1S/C27H29F2N7O2/c1-15(2)35-21-10-8-19(24(16(21)12-31-35)34-13-22(30)27(3,4)14-34)32-26(38)20-9-11-23(37)36(33-20)25-17(28)6-5-7-18(25)29/h5-12,15,22H,13-14,30H2,1-4H3,(H,32,38)/t22-/m0/s1/i1D3,2D3,15D. The van der Waals surface area contributed by atoms with Crippen LogP contribution in [0, 0.1) is 17.0 Å². The molecule has 9 nitrogen and oxygen atoms in total. The molecule has 1 amide bonds. The summed E-state index contributed by atoms with van der Waals surface area (Å²) in [4.78, 5) is 27.8. The molecule has 0 bridgehead atoms. The number of halogens is 2. The fourth-order valence-electron chi connectivity index (χ4n) is 4.61. The molecule has 3 N–H and O–H groups in total. The lowest BCUT2D eigenvalue weighted by Crippen LogP contribution is -2.35. The van der Waals surface area contributed by atoms with E-state index in [-0.39, 0.29) is 28.3 Å². The minimum atomic E-state index is -3.31. The number of nitrogens with zero attached hydrogens (tertiary/aromatic N) is 5. The van der Waals surface area contributed by atoms with E-state index in [0.29, 0.717) is 28.1 Å². The number of benzene rings is 2. The molecular formula is C27H29F2N7O2. The summed E-state index contributed by atoms with van der Waals surface area (Å²) in [6.07, 6.45) is 1.22. The van der Waals surface area contributed by atoms with Gasteiger partial charge in [-0.1, -0.05) is 19.9 Å². The molecule has 11 heteroatoms. The lowest BCUT2D eigenvalue weighted by Gasteiger charge is -2.25. The fourth-order valence-corrected chi connectivity index (χ4v) is 4.61. The Morgan fingerprint density at radius 2 is 1.92 bits per heavy atom. The Morgan fingerprint density at radius 3 is 2.58 bits per heavy atom. The summed E-state index contributed by atoms with van der Waals surface area (Å²) in [7, 11) is 0. The molecule has 0 saturated carbocycles. The molecule has 0 spiro atoms. The fraction of sp³-hybridized carbons (Fsp3) is 0.333. The van der Waals surface area contributed by atoms with Gasteiger partial charge in [-0.05, 0) is 49.5 Å². The number of carbonyl (C=O) groups is 1. The number of carbonyl (C=O) groups excluding carboxylic acids is 1. The van der Waals surface area contributed by atoms with Gasteiger partial charge in [0.2, 0.25) is 0 Å². The molecule has 0 radical (unpaired) electrons. The van der Waals surface area contributed by atoms with Crippen molar-refractivity contribution in [3.8, 4) is 5.69 Å². The highest BCUT2D eigenvalue weighted by molar-refractivity contribution is 6.09. The molecule has 1 aliphatic heterocycles. The van der Waals surface area contributed by atoms with E-state index < -0.39 is 53.9 Å². The maximum Gasteiger partial charge on any atom is 0.276 e. The van der Waals surface area contributed by atoms with Gasteiger partial charge in [-0.3, -0.25) is 14.3 Å². The number of para-hydroxylation sites is 1. The monoisotopic (exact) mass is 528 g/mol. The molecule has 1 atom stereocenters. The van der Waals surface area contributed by atoms with Crippen molar-refractivity contribution in [2.75, 3.05) is 23.3 Å². The van der Waals surface area contributed by atoms with Crippen LogP contribution in [0.25, 0.3) is 16.6 Å². The van der Waals surface area contributed by atoms with Crippen molar-refractivity contribution in [1.29, 1.82) is 0 Å². The van der Waals surface area contributed by atoms with Gasteiger partial charge in [0.25, 0.3) is 11.5 Å². The summed E-state index contributed by atoms with van der Waals surface area (Å²) in [5.41, 5.74) is 4.45. The van der Waals surface area contributed by atoms with Gasteiger partial charge >= 0.3 is 0 Å². The number of aromatic nitrogens is 4. The van der Waals surface area contributed by atoms with Crippen LogP contribution in [-0.4, -0.2) is 44.6 Å². The predicted molar refractivity (Wildman–Crippen MR) is 142 cm³/mol. The van der Waals surface area contributed by atoms with Crippen LogP contribution < -0.4 is 21.5 Å². The summed E-state index contributed by atoms with van der Waals surface area (Å²) in [5, 5.41) is 10.9. The number of anilines is 2. The Bertz CT molecular complexity index is 1840. The van der Waals surface area contributed by atoms with Gasteiger partial charge in [-0.15, -0.1) is 0 Å². The summed E-state index contributed by atoms with van der Waals surface area (Å²) < 4.78 is 86.0. The van der Waals surface area contributed by atoms with E-state index in [1.165, 1.54) is 18.3 Å². The van der Waals surface area contributed by atoms with Crippen molar-refractivity contribution in [3.05, 3.63) is 76.3 Å². The highest BCUT2D eigenvalue weighted by Gasteiger charge is 2.38. The van der Waals surface area contributed by atoms with Gasteiger partial charge in [0.15, 0.2) is 11.6 Å². The van der Waals surface area contributed by atoms with Crippen molar-refractivity contribution < 1.29 is 23.2 Å². The maximum atomic E-state index is 14.4. The highest BCUT2D eigenvalue weighted by Crippen LogP contribution is 2.41. The molecule has 3 heterocycles. The first-order valence-corrected chi connectivity index (χ1v) is 11.7. The molecule has 1 aliphatic rings. The largest absolute Gasteiger partial charge is 0.367 e. The molecule has 2 aromatic carbocycles. The average molecular weight is 529 g/mol. The quantitative estimate of drug-likeness (QED) is 0.407. The van der Waals surface area contributed by atoms with E-state index in [2.05, 4.69) is 15.5 Å². The van der Waals surface area contributed by atoms with Gasteiger partial charge in [0.05, 0.1) is 24.5 Å². The van der Waals surface area contributed by atoms with Gasteiger partial charge < -0.3 is 16.0 Å². The number of rotatable bonds is 5. The normalized spacial score (nSPS) is 20.6. The molecule has 0 unspecified atom stereocenters. The van der Waals surface area contributed by atoms with E-state index in [9.17, 15) is 18.4 Å². The zero-order chi connectivity index (χ0) is 33.3. The van der Waals surface area contributed by atoms with E-state index >= 15 is 0 Å². The Balaban J connectivity index is 1.65. The number of amides is 1. The molecule has 5 rings (SSSR count). The first-order chi connectivity index (χ1) is 20.8. The zero-order valence-electron chi connectivity index (χ0n) is 27.5. The second kappa shape index (κ2) is 9.32. The van der Waals surface area contributed by atoms with E-state index in [0.717, 1.165) is 30.3 Å². The Hall–Kier alpha value is -4.12. The van der Waals surface area contributed by atoms with Crippen molar-refractivity contribution in [2.45, 2.75) is 39.6 Å². The third-order valence-corrected chi connectivity index (χ3v) is 6.70. The van der Waals surface area contributed by atoms with Crippen LogP contribution >= 0.6 is 0 Å². The van der Waals surface area contributed by atoms with Crippen LogP contribution in [0.2, 0.25) is 0 Å². The smallest absolute Gasteiger partial charge is 0.276 e. The van der Waals surface area contributed by atoms with Crippen LogP contribution in [0.3, 0.4) is 0 Å². The topological polar surface area (TPSA) is 111 Å². The lowest BCUT2D eigenvalue weighted by atomic mass is 9.89. The van der Waals surface area contributed by atoms with Crippen molar-refractivity contribution in [2.24, 2.45) is 11.1 Å². The number of hydrogen-bond donors (Lipinski definition) is 2. The lowest BCUT2D eigenvalue weighted by molar-refractivity contribution is 0.102. The predicted octanol–water partition coefficient (Wildman–Crippen LogP) is 3.87. The molecule has 1 fully saturated rings. The van der Waals surface area contributed by atoms with E-state index in [1.54, 1.807) is 0 Å². The van der Waals surface area contributed by atoms with E-state index in [1.807, 2.05) is 18.7 Å². The van der Waals surface area contributed by atoms with Crippen molar-refractivity contribution >= 4 is 28.2 Å². The second-order valence-corrected chi connectivity index (χ2v) is 9.77. The third kappa shape index (κ3) is 4.32. The summed E-state index contributed by atoms with van der Waals surface area (Å²) in [5.74, 6) is -3.00. The van der Waals surface area contributed by atoms with Crippen molar-refractivity contribution in [3.63, 3.8) is 0 Å². The number of fused-ring (bicyclic) bond motifs is 1. The van der Waals surface area contributed by atoms with Crippen LogP contribution in [0.5, 0.6) is 0 Å². The van der Waals surface area contributed by atoms with Crippen LogP contribution in [0.1, 0.15) is 53.7 Å².